The van der Waals surface area contributed by atoms with Gasteiger partial charge in [-0.05, 0) is 28.9 Å². The first-order valence-corrected chi connectivity index (χ1v) is 5.80. The third-order valence-electron chi connectivity index (χ3n) is 2.18. The second kappa shape index (κ2) is 4.80. The summed E-state index contributed by atoms with van der Waals surface area (Å²) in [5.74, 6) is 0.564. The second-order valence-corrected chi connectivity index (χ2v) is 4.35. The average molecular weight is 286 g/mol. The molecule has 1 N–H and O–H groups in total. The van der Waals surface area contributed by atoms with E-state index in [0.717, 1.165) is 15.9 Å². The molecule has 1 aliphatic rings. The fraction of sp³-hybridized carbons (Fsp3) is 0.400. The lowest BCUT2D eigenvalue weighted by atomic mass is 10.3. The van der Waals surface area contributed by atoms with E-state index in [4.69, 9.17) is 4.74 Å². The average Bonchev–Trinajstić information content (AvgIpc) is 2.59. The van der Waals surface area contributed by atoms with Crippen LogP contribution in [-0.2, 0) is 16.1 Å². The van der Waals surface area contributed by atoms with Crippen LogP contribution in [-0.4, -0.2) is 29.1 Å². The smallest absolute Gasteiger partial charge is 0.322 e. The maximum absolute atomic E-state index is 11.3. The van der Waals surface area contributed by atoms with E-state index >= 15 is 0 Å². The summed E-state index contributed by atoms with van der Waals surface area (Å²) < 4.78 is 5.81. The number of ether oxygens (including phenoxy) is 1. The summed E-state index contributed by atoms with van der Waals surface area (Å²) in [6.07, 6.45) is 1.72. The lowest BCUT2D eigenvalue weighted by Crippen LogP contribution is -2.31. The zero-order valence-corrected chi connectivity index (χ0v) is 10.5. The van der Waals surface area contributed by atoms with E-state index in [1.165, 1.54) is 0 Å². The predicted molar refractivity (Wildman–Crippen MR) is 62.6 cm³/mol. The number of fused-ring (bicyclic) bond motifs is 1. The van der Waals surface area contributed by atoms with Crippen molar-refractivity contribution in [3.8, 4) is 0 Å². The van der Waals surface area contributed by atoms with Gasteiger partial charge in [0, 0.05) is 22.8 Å². The van der Waals surface area contributed by atoms with E-state index in [9.17, 15) is 4.79 Å². The van der Waals surface area contributed by atoms with Gasteiger partial charge in [-0.1, -0.05) is 0 Å². The van der Waals surface area contributed by atoms with E-state index in [-0.39, 0.29) is 12.5 Å². The van der Waals surface area contributed by atoms with Crippen LogP contribution < -0.4 is 5.43 Å². The first kappa shape index (κ1) is 11.3. The Morgan fingerprint density at radius 1 is 1.75 bits per heavy atom. The molecule has 0 bridgehead atoms. The molecule has 0 radical (unpaired) electrons. The second-order valence-electron chi connectivity index (χ2n) is 3.43. The molecule has 6 heteroatoms. The van der Waals surface area contributed by atoms with Crippen molar-refractivity contribution in [3.05, 3.63) is 22.3 Å². The summed E-state index contributed by atoms with van der Waals surface area (Å²) in [6, 6.07) is 1.99. The number of anilines is 1. The van der Waals surface area contributed by atoms with Gasteiger partial charge >= 0.3 is 5.97 Å². The molecule has 1 aromatic heterocycles. The number of nitrogens with zero attached hydrogens (tertiary/aromatic N) is 2. The summed E-state index contributed by atoms with van der Waals surface area (Å²) in [4.78, 5) is 15.5. The Morgan fingerprint density at radius 3 is 3.31 bits per heavy atom. The zero-order valence-electron chi connectivity index (χ0n) is 8.86. The Bertz CT molecular complexity index is 411. The van der Waals surface area contributed by atoms with Crippen molar-refractivity contribution in [2.24, 2.45) is 0 Å². The number of halogens is 1. The van der Waals surface area contributed by atoms with Gasteiger partial charge in [0.2, 0.25) is 0 Å². The SMILES string of the molecule is CCOC(=O)CN1Cc2cc(Br)cnc2N1. The molecule has 86 valence electrons. The summed E-state index contributed by atoms with van der Waals surface area (Å²) in [6.45, 7) is 3.08. The number of pyridine rings is 1. The van der Waals surface area contributed by atoms with Gasteiger partial charge in [0.15, 0.2) is 0 Å². The van der Waals surface area contributed by atoms with Crippen LogP contribution in [0.1, 0.15) is 12.5 Å². The molecule has 0 spiro atoms. The highest BCUT2D eigenvalue weighted by atomic mass is 79.9. The van der Waals surface area contributed by atoms with Gasteiger partial charge in [-0.2, -0.15) is 0 Å². The van der Waals surface area contributed by atoms with Gasteiger partial charge < -0.3 is 10.2 Å². The number of hydrazine groups is 1. The van der Waals surface area contributed by atoms with Crippen molar-refractivity contribution in [2.45, 2.75) is 13.5 Å². The van der Waals surface area contributed by atoms with Crippen molar-refractivity contribution in [1.29, 1.82) is 0 Å². The van der Waals surface area contributed by atoms with Crippen molar-refractivity contribution in [3.63, 3.8) is 0 Å². The van der Waals surface area contributed by atoms with E-state index < -0.39 is 0 Å². The van der Waals surface area contributed by atoms with Gasteiger partial charge in [-0.3, -0.25) is 4.79 Å². The third-order valence-corrected chi connectivity index (χ3v) is 2.62. The molecule has 0 fully saturated rings. The van der Waals surface area contributed by atoms with Gasteiger partial charge in [-0.15, -0.1) is 0 Å². The number of rotatable bonds is 3. The number of hydrogen-bond donors (Lipinski definition) is 1. The standard InChI is InChI=1S/C10H12BrN3O2/c1-2-16-9(15)6-14-5-7-3-8(11)4-12-10(7)13-14/h3-4H,2,5-6H2,1H3,(H,12,13). The molecule has 0 saturated heterocycles. The van der Waals surface area contributed by atoms with Crippen LogP contribution in [0, 0.1) is 0 Å². The maximum Gasteiger partial charge on any atom is 0.322 e. The number of aromatic nitrogens is 1. The predicted octanol–water partition coefficient (Wildman–Crippen LogP) is 1.55. The molecule has 0 saturated carbocycles. The molecule has 0 atom stereocenters. The summed E-state index contributed by atoms with van der Waals surface area (Å²) in [7, 11) is 0. The Balaban J connectivity index is 1.97. The quantitative estimate of drug-likeness (QED) is 0.854. The van der Waals surface area contributed by atoms with Crippen molar-refractivity contribution < 1.29 is 9.53 Å². The first-order valence-electron chi connectivity index (χ1n) is 5.00. The van der Waals surface area contributed by atoms with Crippen LogP contribution in [0.5, 0.6) is 0 Å². The molecule has 0 amide bonds. The number of nitrogens with one attached hydrogen (secondary N) is 1. The Labute approximate surface area is 102 Å². The number of hydrogen-bond acceptors (Lipinski definition) is 5. The minimum atomic E-state index is -0.234. The zero-order chi connectivity index (χ0) is 11.5. The molecule has 1 aliphatic heterocycles. The summed E-state index contributed by atoms with van der Waals surface area (Å²) >= 11 is 3.36. The number of carbonyl (C=O) groups is 1. The van der Waals surface area contributed by atoms with Crippen molar-refractivity contribution in [2.75, 3.05) is 18.6 Å². The molecular weight excluding hydrogens is 274 g/mol. The van der Waals surface area contributed by atoms with Gasteiger partial charge in [-0.25, -0.2) is 9.99 Å². The maximum atomic E-state index is 11.3. The van der Waals surface area contributed by atoms with Gasteiger partial charge in [0.25, 0.3) is 0 Å². The molecule has 0 unspecified atom stereocenters. The van der Waals surface area contributed by atoms with Crippen LogP contribution >= 0.6 is 15.9 Å². The normalized spacial score (nSPS) is 14.4. The fourth-order valence-corrected chi connectivity index (χ4v) is 1.93. The topological polar surface area (TPSA) is 54.5 Å². The number of carbonyl (C=O) groups excluding carboxylic acids is 1. The fourth-order valence-electron chi connectivity index (χ4n) is 1.56. The first-order chi connectivity index (χ1) is 7.69. The Morgan fingerprint density at radius 2 is 2.56 bits per heavy atom. The third kappa shape index (κ3) is 2.51. The molecular formula is C10H12BrN3O2. The Hall–Kier alpha value is -1.14. The molecule has 1 aromatic rings. The number of esters is 1. The highest BCUT2D eigenvalue weighted by Crippen LogP contribution is 2.25. The molecule has 0 aliphatic carbocycles. The van der Waals surface area contributed by atoms with E-state index in [1.54, 1.807) is 18.1 Å². The van der Waals surface area contributed by atoms with Crippen LogP contribution in [0.4, 0.5) is 5.82 Å². The van der Waals surface area contributed by atoms with Crippen LogP contribution in [0.3, 0.4) is 0 Å². The molecule has 5 nitrogen and oxygen atoms in total. The lowest BCUT2D eigenvalue weighted by Gasteiger charge is -2.13. The van der Waals surface area contributed by atoms with Gasteiger partial charge in [0.1, 0.15) is 12.4 Å². The summed E-state index contributed by atoms with van der Waals surface area (Å²) in [5, 5.41) is 1.78. The van der Waals surface area contributed by atoms with Crippen LogP contribution in [0.2, 0.25) is 0 Å². The van der Waals surface area contributed by atoms with Gasteiger partial charge in [0.05, 0.1) is 6.61 Å². The highest BCUT2D eigenvalue weighted by molar-refractivity contribution is 9.10. The van der Waals surface area contributed by atoms with E-state index in [1.807, 2.05) is 6.07 Å². The molecule has 2 rings (SSSR count). The molecule has 0 aromatic carbocycles. The Kier molecular flexibility index (Phi) is 3.40. The van der Waals surface area contributed by atoms with Crippen LogP contribution in [0.15, 0.2) is 16.7 Å². The largest absolute Gasteiger partial charge is 0.465 e. The van der Waals surface area contributed by atoms with Crippen molar-refractivity contribution >= 4 is 27.7 Å². The van der Waals surface area contributed by atoms with Crippen LogP contribution in [0.25, 0.3) is 0 Å². The molecule has 2 heterocycles. The minimum absolute atomic E-state index is 0.224. The molecule has 16 heavy (non-hydrogen) atoms. The highest BCUT2D eigenvalue weighted by Gasteiger charge is 2.21. The van der Waals surface area contributed by atoms with E-state index in [2.05, 4.69) is 26.3 Å². The van der Waals surface area contributed by atoms with E-state index in [0.29, 0.717) is 13.2 Å². The van der Waals surface area contributed by atoms with Crippen molar-refractivity contribution in [1.82, 2.24) is 9.99 Å². The summed E-state index contributed by atoms with van der Waals surface area (Å²) in [5.41, 5.74) is 4.12. The monoisotopic (exact) mass is 285 g/mol. The lowest BCUT2D eigenvalue weighted by molar-refractivity contribution is -0.144. The minimum Gasteiger partial charge on any atom is -0.465 e.